The van der Waals surface area contributed by atoms with Gasteiger partial charge in [-0.2, -0.15) is 0 Å². The summed E-state index contributed by atoms with van der Waals surface area (Å²) in [4.78, 5) is 3.59. The Morgan fingerprint density at radius 1 is 1.47 bits per heavy atom. The first-order valence-corrected chi connectivity index (χ1v) is 5.94. The molecule has 1 N–H and O–H groups in total. The van der Waals surface area contributed by atoms with Crippen molar-refractivity contribution >= 4 is 0 Å². The Morgan fingerprint density at radius 3 is 3.00 bits per heavy atom. The van der Waals surface area contributed by atoms with E-state index in [1.165, 1.54) is 0 Å². The van der Waals surface area contributed by atoms with Gasteiger partial charge in [0.15, 0.2) is 5.60 Å². The molecule has 2 rings (SSSR count). The smallest absolute Gasteiger partial charge is 0.256 e. The lowest BCUT2D eigenvalue weighted by atomic mass is 9.76. The van der Waals surface area contributed by atoms with Gasteiger partial charge in [0.1, 0.15) is 5.75 Å². The van der Waals surface area contributed by atoms with Gasteiger partial charge in [-0.3, -0.25) is 0 Å². The van der Waals surface area contributed by atoms with Gasteiger partial charge in [0.05, 0.1) is 7.11 Å². The van der Waals surface area contributed by atoms with Crippen LogP contribution < -0.4 is 4.74 Å². The van der Waals surface area contributed by atoms with Crippen LogP contribution in [0.4, 0.5) is 0 Å². The van der Waals surface area contributed by atoms with Crippen molar-refractivity contribution in [1.82, 2.24) is 0 Å². The number of ether oxygens (including phenoxy) is 1. The Labute approximate surface area is 102 Å². The standard InChI is InChI=1S/C14H17NO2/c1-15-13-8-3-4-9-14(13,16)11-6-5-7-12(10-11)17-2/h5-7,10,13,16H,3-4,8-9H2,2H3/t13-,14+/m1/s1. The fraction of sp³-hybridized carbons (Fsp3) is 0.500. The zero-order valence-electron chi connectivity index (χ0n) is 10.0. The van der Waals surface area contributed by atoms with E-state index in [1.54, 1.807) is 7.11 Å². The average molecular weight is 231 g/mol. The summed E-state index contributed by atoms with van der Waals surface area (Å²) in [5.41, 5.74) is -0.202. The molecule has 1 aliphatic carbocycles. The SMILES string of the molecule is [C-]#[N+][C@@H]1CCCC[C@]1(O)c1cccc(OC)c1. The maximum atomic E-state index is 10.8. The molecule has 0 unspecified atom stereocenters. The highest BCUT2D eigenvalue weighted by molar-refractivity contribution is 5.34. The van der Waals surface area contributed by atoms with E-state index in [9.17, 15) is 5.11 Å². The fourth-order valence-electron chi connectivity index (χ4n) is 2.54. The minimum absolute atomic E-state index is 0.330. The van der Waals surface area contributed by atoms with Gasteiger partial charge >= 0.3 is 0 Å². The molecule has 17 heavy (non-hydrogen) atoms. The molecular weight excluding hydrogens is 214 g/mol. The van der Waals surface area contributed by atoms with Gasteiger partial charge in [0.2, 0.25) is 0 Å². The second kappa shape index (κ2) is 4.77. The van der Waals surface area contributed by atoms with Gasteiger partial charge < -0.3 is 14.7 Å². The van der Waals surface area contributed by atoms with E-state index in [0.29, 0.717) is 6.42 Å². The van der Waals surface area contributed by atoms with Gasteiger partial charge in [-0.05, 0) is 37.0 Å². The monoisotopic (exact) mass is 231 g/mol. The molecule has 0 bridgehead atoms. The van der Waals surface area contributed by atoms with E-state index >= 15 is 0 Å². The first kappa shape index (κ1) is 11.9. The van der Waals surface area contributed by atoms with Crippen LogP contribution in [-0.4, -0.2) is 18.3 Å². The lowest BCUT2D eigenvalue weighted by Gasteiger charge is -2.33. The third kappa shape index (κ3) is 2.13. The molecule has 0 heterocycles. The number of rotatable bonds is 2. The molecule has 0 saturated heterocycles. The van der Waals surface area contributed by atoms with Crippen molar-refractivity contribution < 1.29 is 9.84 Å². The molecule has 3 nitrogen and oxygen atoms in total. The van der Waals surface area contributed by atoms with Crippen LogP contribution in [0.15, 0.2) is 24.3 Å². The van der Waals surface area contributed by atoms with Crippen LogP contribution in [0, 0.1) is 6.57 Å². The highest BCUT2D eigenvalue weighted by Gasteiger charge is 2.45. The Balaban J connectivity index is 2.38. The lowest BCUT2D eigenvalue weighted by molar-refractivity contribution is -0.00733. The van der Waals surface area contributed by atoms with E-state index < -0.39 is 5.60 Å². The van der Waals surface area contributed by atoms with E-state index in [-0.39, 0.29) is 6.04 Å². The summed E-state index contributed by atoms with van der Waals surface area (Å²) in [7, 11) is 1.61. The first-order valence-electron chi connectivity index (χ1n) is 5.94. The van der Waals surface area contributed by atoms with Crippen LogP contribution >= 0.6 is 0 Å². The van der Waals surface area contributed by atoms with Crippen molar-refractivity contribution in [3.8, 4) is 5.75 Å². The predicted octanol–water partition coefficient (Wildman–Crippen LogP) is 2.74. The van der Waals surface area contributed by atoms with Crippen molar-refractivity contribution in [2.24, 2.45) is 0 Å². The Bertz CT molecular complexity index is 438. The molecule has 2 atom stereocenters. The molecule has 1 fully saturated rings. The van der Waals surface area contributed by atoms with Crippen molar-refractivity contribution in [2.45, 2.75) is 37.3 Å². The number of hydrogen-bond donors (Lipinski definition) is 1. The normalized spacial score (nSPS) is 28.4. The summed E-state index contributed by atoms with van der Waals surface area (Å²) in [6, 6.07) is 7.10. The van der Waals surface area contributed by atoms with Crippen molar-refractivity contribution in [3.63, 3.8) is 0 Å². The van der Waals surface area contributed by atoms with Crippen LogP contribution in [0.25, 0.3) is 4.85 Å². The average Bonchev–Trinajstić information content (AvgIpc) is 2.39. The molecule has 0 radical (unpaired) electrons. The maximum Gasteiger partial charge on any atom is 0.256 e. The van der Waals surface area contributed by atoms with Crippen molar-refractivity contribution in [2.75, 3.05) is 7.11 Å². The molecular formula is C14H17NO2. The summed E-state index contributed by atoms with van der Waals surface area (Å²) < 4.78 is 5.17. The number of nitrogens with zero attached hydrogens (tertiary/aromatic N) is 1. The molecule has 1 aromatic carbocycles. The van der Waals surface area contributed by atoms with Crippen LogP contribution in [0.5, 0.6) is 5.75 Å². The maximum absolute atomic E-state index is 10.8. The molecule has 1 aromatic rings. The molecule has 1 aliphatic rings. The fourth-order valence-corrected chi connectivity index (χ4v) is 2.54. The van der Waals surface area contributed by atoms with Crippen LogP contribution in [-0.2, 0) is 5.60 Å². The van der Waals surface area contributed by atoms with Gasteiger partial charge in [-0.25, -0.2) is 6.57 Å². The molecule has 0 spiro atoms. The third-order valence-electron chi connectivity index (χ3n) is 3.56. The summed E-state index contributed by atoms with van der Waals surface area (Å²) in [5, 5.41) is 10.8. The summed E-state index contributed by atoms with van der Waals surface area (Å²) in [5.74, 6) is 0.727. The number of aliphatic hydroxyl groups is 1. The Morgan fingerprint density at radius 2 is 2.29 bits per heavy atom. The van der Waals surface area contributed by atoms with Crippen LogP contribution in [0.1, 0.15) is 31.2 Å². The molecule has 1 saturated carbocycles. The second-order valence-electron chi connectivity index (χ2n) is 4.55. The van der Waals surface area contributed by atoms with Crippen molar-refractivity contribution in [1.29, 1.82) is 0 Å². The van der Waals surface area contributed by atoms with Gasteiger partial charge in [-0.1, -0.05) is 12.1 Å². The molecule has 3 heteroatoms. The molecule has 0 aliphatic heterocycles. The largest absolute Gasteiger partial charge is 0.497 e. The third-order valence-corrected chi connectivity index (χ3v) is 3.56. The minimum atomic E-state index is -1.01. The van der Waals surface area contributed by atoms with E-state index in [0.717, 1.165) is 30.6 Å². The summed E-state index contributed by atoms with van der Waals surface area (Å²) >= 11 is 0. The Kier molecular flexibility index (Phi) is 3.35. The topological polar surface area (TPSA) is 33.8 Å². The second-order valence-corrected chi connectivity index (χ2v) is 4.55. The number of hydrogen-bond acceptors (Lipinski definition) is 2. The van der Waals surface area contributed by atoms with E-state index in [1.807, 2.05) is 24.3 Å². The minimum Gasteiger partial charge on any atom is -0.497 e. The highest BCUT2D eigenvalue weighted by atomic mass is 16.5. The number of benzene rings is 1. The van der Waals surface area contributed by atoms with Gasteiger partial charge in [0.25, 0.3) is 6.04 Å². The summed E-state index contributed by atoms with van der Waals surface area (Å²) in [6.07, 6.45) is 3.43. The predicted molar refractivity (Wildman–Crippen MR) is 65.7 cm³/mol. The number of methoxy groups -OCH3 is 1. The van der Waals surface area contributed by atoms with E-state index in [4.69, 9.17) is 11.3 Å². The zero-order chi connectivity index (χ0) is 12.3. The van der Waals surface area contributed by atoms with E-state index in [2.05, 4.69) is 4.85 Å². The van der Waals surface area contributed by atoms with Crippen LogP contribution in [0.3, 0.4) is 0 Å². The molecule has 0 amide bonds. The molecule has 0 aromatic heterocycles. The summed E-state index contributed by atoms with van der Waals surface area (Å²) in [6.45, 7) is 7.23. The van der Waals surface area contributed by atoms with Crippen molar-refractivity contribution in [3.05, 3.63) is 41.2 Å². The van der Waals surface area contributed by atoms with Gasteiger partial charge in [-0.15, -0.1) is 0 Å². The van der Waals surface area contributed by atoms with Crippen LogP contribution in [0.2, 0.25) is 0 Å². The zero-order valence-corrected chi connectivity index (χ0v) is 10.0. The quantitative estimate of drug-likeness (QED) is 0.794. The lowest BCUT2D eigenvalue weighted by Crippen LogP contribution is -2.40. The Hall–Kier alpha value is -1.53. The van der Waals surface area contributed by atoms with Gasteiger partial charge in [0, 0.05) is 6.42 Å². The first-order chi connectivity index (χ1) is 8.20. The highest BCUT2D eigenvalue weighted by Crippen LogP contribution is 2.40. The molecule has 90 valence electrons.